The van der Waals surface area contributed by atoms with Gasteiger partial charge < -0.3 is 20.4 Å². The average Bonchev–Trinajstić information content (AvgIpc) is 2.89. The van der Waals surface area contributed by atoms with Crippen molar-refractivity contribution < 1.29 is 20.4 Å². The molecular formula is C34H26O4. The zero-order valence-corrected chi connectivity index (χ0v) is 21.0. The summed E-state index contributed by atoms with van der Waals surface area (Å²) in [6.07, 6.45) is 0. The van der Waals surface area contributed by atoms with Gasteiger partial charge in [-0.15, -0.1) is 0 Å². The molecule has 6 rings (SSSR count). The SMILES string of the molecule is Cc1ccc(-c2cc3ccccc3c(-c3c(O)c(-c4ccc(C)cc4O)cc4ccccc34)c2O)c(O)c1. The van der Waals surface area contributed by atoms with Crippen molar-refractivity contribution in [1.82, 2.24) is 0 Å². The van der Waals surface area contributed by atoms with E-state index in [0.717, 1.165) is 32.7 Å². The number of aromatic hydroxyl groups is 4. The number of rotatable bonds is 3. The number of phenols is 4. The van der Waals surface area contributed by atoms with Crippen LogP contribution in [0.4, 0.5) is 0 Å². The van der Waals surface area contributed by atoms with Gasteiger partial charge in [0, 0.05) is 33.4 Å². The lowest BCUT2D eigenvalue weighted by molar-refractivity contribution is 0.466. The van der Waals surface area contributed by atoms with E-state index in [1.807, 2.05) is 86.6 Å². The van der Waals surface area contributed by atoms with E-state index in [4.69, 9.17) is 0 Å². The molecule has 0 saturated heterocycles. The number of benzene rings is 6. The van der Waals surface area contributed by atoms with E-state index in [9.17, 15) is 20.4 Å². The summed E-state index contributed by atoms with van der Waals surface area (Å²) in [5.74, 6) is 0.0325. The largest absolute Gasteiger partial charge is 0.507 e. The monoisotopic (exact) mass is 498 g/mol. The molecule has 6 aromatic rings. The van der Waals surface area contributed by atoms with E-state index in [-0.39, 0.29) is 23.0 Å². The van der Waals surface area contributed by atoms with Crippen LogP contribution in [0.2, 0.25) is 0 Å². The second kappa shape index (κ2) is 8.86. The van der Waals surface area contributed by atoms with Gasteiger partial charge >= 0.3 is 0 Å². The Labute approximate surface area is 220 Å². The molecule has 0 saturated carbocycles. The van der Waals surface area contributed by atoms with E-state index in [0.29, 0.717) is 33.4 Å². The molecule has 0 aliphatic carbocycles. The molecule has 186 valence electrons. The highest BCUT2D eigenvalue weighted by atomic mass is 16.3. The van der Waals surface area contributed by atoms with Gasteiger partial charge in [0.25, 0.3) is 0 Å². The van der Waals surface area contributed by atoms with Crippen LogP contribution in [0.3, 0.4) is 0 Å². The Kier molecular flexibility index (Phi) is 5.46. The fraction of sp³-hybridized carbons (Fsp3) is 0.0588. The van der Waals surface area contributed by atoms with Crippen LogP contribution in [-0.4, -0.2) is 20.4 Å². The maximum Gasteiger partial charge on any atom is 0.132 e. The first-order valence-corrected chi connectivity index (χ1v) is 12.4. The van der Waals surface area contributed by atoms with Gasteiger partial charge in [-0.1, -0.05) is 72.8 Å². The van der Waals surface area contributed by atoms with Crippen molar-refractivity contribution in [2.24, 2.45) is 0 Å². The smallest absolute Gasteiger partial charge is 0.132 e. The van der Waals surface area contributed by atoms with Crippen LogP contribution in [-0.2, 0) is 0 Å². The second-order valence-corrected chi connectivity index (χ2v) is 9.78. The van der Waals surface area contributed by atoms with Crippen LogP contribution in [0, 0.1) is 13.8 Å². The van der Waals surface area contributed by atoms with Gasteiger partial charge in [-0.2, -0.15) is 0 Å². The molecule has 0 heterocycles. The maximum absolute atomic E-state index is 11.9. The Morgan fingerprint density at radius 3 is 1.21 bits per heavy atom. The highest BCUT2D eigenvalue weighted by Gasteiger charge is 2.24. The van der Waals surface area contributed by atoms with Gasteiger partial charge in [-0.05, 0) is 70.8 Å². The Hall–Kier alpha value is -4.96. The van der Waals surface area contributed by atoms with Crippen LogP contribution in [0.5, 0.6) is 23.0 Å². The molecule has 0 radical (unpaired) electrons. The molecule has 4 N–H and O–H groups in total. The Bertz CT molecular complexity index is 1750. The van der Waals surface area contributed by atoms with Gasteiger partial charge in [0.1, 0.15) is 23.0 Å². The van der Waals surface area contributed by atoms with E-state index >= 15 is 0 Å². The molecule has 0 unspecified atom stereocenters. The van der Waals surface area contributed by atoms with Gasteiger partial charge in [0.05, 0.1) is 0 Å². The van der Waals surface area contributed by atoms with E-state index in [2.05, 4.69) is 0 Å². The lowest BCUT2D eigenvalue weighted by atomic mass is 9.86. The zero-order chi connectivity index (χ0) is 26.6. The molecule has 0 spiro atoms. The van der Waals surface area contributed by atoms with Gasteiger partial charge in [-0.25, -0.2) is 0 Å². The fourth-order valence-corrected chi connectivity index (χ4v) is 5.33. The Morgan fingerprint density at radius 1 is 0.421 bits per heavy atom. The summed E-state index contributed by atoms with van der Waals surface area (Å²) in [5, 5.41) is 48.5. The van der Waals surface area contributed by atoms with Crippen molar-refractivity contribution in [2.75, 3.05) is 0 Å². The minimum absolute atomic E-state index is 0.0476. The molecular weight excluding hydrogens is 472 g/mol. The summed E-state index contributed by atoms with van der Waals surface area (Å²) >= 11 is 0. The third-order valence-electron chi connectivity index (χ3n) is 7.18. The fourth-order valence-electron chi connectivity index (χ4n) is 5.33. The predicted octanol–water partition coefficient (Wildman–Crippen LogP) is 8.43. The quantitative estimate of drug-likeness (QED) is 0.197. The minimum Gasteiger partial charge on any atom is -0.507 e. The van der Waals surface area contributed by atoms with E-state index in [1.54, 1.807) is 24.3 Å². The molecule has 0 aromatic heterocycles. The van der Waals surface area contributed by atoms with Crippen LogP contribution in [0.25, 0.3) is 54.9 Å². The number of aryl methyl sites for hydroxylation is 2. The summed E-state index contributed by atoms with van der Waals surface area (Å²) in [5.41, 5.74) is 4.64. The predicted molar refractivity (Wildman–Crippen MR) is 154 cm³/mol. The number of hydrogen-bond donors (Lipinski definition) is 4. The van der Waals surface area contributed by atoms with E-state index in [1.165, 1.54) is 0 Å². The summed E-state index contributed by atoms with van der Waals surface area (Å²) in [6, 6.07) is 29.7. The van der Waals surface area contributed by atoms with Crippen LogP contribution in [0.1, 0.15) is 11.1 Å². The molecule has 6 aromatic carbocycles. The molecule has 4 heteroatoms. The van der Waals surface area contributed by atoms with Crippen molar-refractivity contribution in [3.05, 3.63) is 108 Å². The average molecular weight is 499 g/mol. The summed E-state index contributed by atoms with van der Waals surface area (Å²) in [7, 11) is 0. The summed E-state index contributed by atoms with van der Waals surface area (Å²) < 4.78 is 0. The van der Waals surface area contributed by atoms with Crippen molar-refractivity contribution in [3.8, 4) is 56.4 Å². The zero-order valence-electron chi connectivity index (χ0n) is 21.0. The molecule has 38 heavy (non-hydrogen) atoms. The van der Waals surface area contributed by atoms with Gasteiger partial charge in [0.2, 0.25) is 0 Å². The first-order chi connectivity index (χ1) is 18.3. The number of phenolic OH excluding ortho intramolecular Hbond substituents is 4. The molecule has 0 amide bonds. The molecule has 0 aliphatic heterocycles. The van der Waals surface area contributed by atoms with Crippen LogP contribution < -0.4 is 0 Å². The Balaban J connectivity index is 1.77. The molecule has 4 nitrogen and oxygen atoms in total. The third kappa shape index (κ3) is 3.70. The highest BCUT2D eigenvalue weighted by Crippen LogP contribution is 2.52. The molecule has 0 bridgehead atoms. The van der Waals surface area contributed by atoms with Crippen LogP contribution >= 0.6 is 0 Å². The van der Waals surface area contributed by atoms with Crippen molar-refractivity contribution >= 4 is 21.5 Å². The number of fused-ring (bicyclic) bond motifs is 2. The maximum atomic E-state index is 11.9. The highest BCUT2D eigenvalue weighted by molar-refractivity contribution is 6.14. The first-order valence-electron chi connectivity index (χ1n) is 12.4. The van der Waals surface area contributed by atoms with Crippen molar-refractivity contribution in [2.45, 2.75) is 13.8 Å². The topological polar surface area (TPSA) is 80.9 Å². The molecule has 0 fully saturated rings. The summed E-state index contributed by atoms with van der Waals surface area (Å²) in [4.78, 5) is 0. The number of hydrogen-bond acceptors (Lipinski definition) is 4. The molecule has 0 atom stereocenters. The normalized spacial score (nSPS) is 11.3. The van der Waals surface area contributed by atoms with Crippen LogP contribution in [0.15, 0.2) is 97.1 Å². The lowest BCUT2D eigenvalue weighted by Gasteiger charge is -2.20. The van der Waals surface area contributed by atoms with Gasteiger partial charge in [0.15, 0.2) is 0 Å². The summed E-state index contributed by atoms with van der Waals surface area (Å²) in [6.45, 7) is 3.79. The second-order valence-electron chi connectivity index (χ2n) is 9.78. The Morgan fingerprint density at radius 2 is 0.816 bits per heavy atom. The standard InChI is InChI=1S/C34H26O4/c1-19-11-13-25(29(35)15-19)27-17-21-7-3-5-9-23(21)31(33(27)37)32-24-10-6-4-8-22(24)18-28(34(32)38)26-14-12-20(2)16-30(26)36/h3-18,35-38H,1-2H3. The first kappa shape index (κ1) is 23.4. The molecule has 0 aliphatic rings. The third-order valence-corrected chi connectivity index (χ3v) is 7.18. The van der Waals surface area contributed by atoms with Gasteiger partial charge in [-0.3, -0.25) is 0 Å². The van der Waals surface area contributed by atoms with E-state index < -0.39 is 0 Å². The minimum atomic E-state index is -0.0476. The lowest BCUT2D eigenvalue weighted by Crippen LogP contribution is -1.92. The van der Waals surface area contributed by atoms with Crippen molar-refractivity contribution in [1.29, 1.82) is 0 Å². The van der Waals surface area contributed by atoms with Crippen molar-refractivity contribution in [3.63, 3.8) is 0 Å².